The Kier molecular flexibility index (Phi) is 4.61. The highest BCUT2D eigenvalue weighted by molar-refractivity contribution is 7.98. The van der Waals surface area contributed by atoms with Crippen molar-refractivity contribution < 1.29 is 26.3 Å². The van der Waals surface area contributed by atoms with Gasteiger partial charge in [0.2, 0.25) is 0 Å². The van der Waals surface area contributed by atoms with E-state index in [-0.39, 0.29) is 27.7 Å². The van der Waals surface area contributed by atoms with Crippen molar-refractivity contribution in [2.45, 2.75) is 21.7 Å². The second-order valence-electron chi connectivity index (χ2n) is 6.36. The van der Waals surface area contributed by atoms with Crippen LogP contribution in [0.4, 0.5) is 13.2 Å². The maximum atomic E-state index is 13.6. The van der Waals surface area contributed by atoms with Crippen LogP contribution < -0.4 is 4.74 Å². The van der Waals surface area contributed by atoms with Crippen LogP contribution in [0.1, 0.15) is 11.3 Å². The zero-order valence-electron chi connectivity index (χ0n) is 15.2. The Morgan fingerprint density at radius 3 is 2.55 bits per heavy atom. The van der Waals surface area contributed by atoms with E-state index < -0.39 is 21.7 Å². The Hall–Kier alpha value is -2.53. The maximum absolute atomic E-state index is 13.6. The predicted molar refractivity (Wildman–Crippen MR) is 101 cm³/mol. The number of ether oxygens (including phenoxy) is 1. The third-order valence-corrected chi connectivity index (χ3v) is 6.61. The summed E-state index contributed by atoms with van der Waals surface area (Å²) in [5.74, 6) is 0.779. The van der Waals surface area contributed by atoms with Crippen LogP contribution in [-0.4, -0.2) is 36.5 Å². The lowest BCUT2D eigenvalue weighted by molar-refractivity contribution is -0.141. The number of hydrogen-bond donors (Lipinski definition) is 0. The molecule has 1 aliphatic rings. The van der Waals surface area contributed by atoms with E-state index in [0.29, 0.717) is 11.3 Å². The summed E-state index contributed by atoms with van der Waals surface area (Å²) in [7, 11) is -1.97. The number of sulfone groups is 1. The SMILES string of the molecule is COc1ccc2c(c1)SCc1c(C(F)(F)F)nn(-c3ccc(S(C)(=O)=O)cn3)c1-2. The fourth-order valence-corrected chi connectivity index (χ4v) is 4.72. The molecule has 0 saturated heterocycles. The molecule has 0 saturated carbocycles. The topological polar surface area (TPSA) is 74.1 Å². The Balaban J connectivity index is 1.95. The zero-order valence-corrected chi connectivity index (χ0v) is 16.8. The lowest BCUT2D eigenvalue weighted by Gasteiger charge is -2.19. The van der Waals surface area contributed by atoms with Crippen molar-refractivity contribution in [2.24, 2.45) is 0 Å². The van der Waals surface area contributed by atoms with Crippen LogP contribution in [0.15, 0.2) is 46.3 Å². The number of methoxy groups -OCH3 is 1. The van der Waals surface area contributed by atoms with Crippen molar-refractivity contribution in [3.05, 3.63) is 47.8 Å². The number of pyridine rings is 1. The molecule has 3 aromatic rings. The molecule has 29 heavy (non-hydrogen) atoms. The molecular formula is C18H14F3N3O3S2. The second kappa shape index (κ2) is 6.77. The molecule has 1 aromatic carbocycles. The number of rotatable bonds is 3. The van der Waals surface area contributed by atoms with Gasteiger partial charge in [-0.3, -0.25) is 0 Å². The van der Waals surface area contributed by atoms with E-state index in [2.05, 4.69) is 10.1 Å². The van der Waals surface area contributed by atoms with Gasteiger partial charge in [-0.05, 0) is 30.3 Å². The van der Waals surface area contributed by atoms with E-state index in [4.69, 9.17) is 4.74 Å². The average Bonchev–Trinajstić information content (AvgIpc) is 3.07. The molecule has 0 atom stereocenters. The first-order valence-corrected chi connectivity index (χ1v) is 11.1. The average molecular weight is 441 g/mol. The van der Waals surface area contributed by atoms with E-state index >= 15 is 0 Å². The van der Waals surface area contributed by atoms with E-state index in [1.54, 1.807) is 18.2 Å². The van der Waals surface area contributed by atoms with Crippen molar-refractivity contribution in [1.82, 2.24) is 14.8 Å². The summed E-state index contributed by atoms with van der Waals surface area (Å²) in [5.41, 5.74) is -0.0491. The molecule has 1 aliphatic heterocycles. The van der Waals surface area contributed by atoms with Crippen LogP contribution in [0, 0.1) is 0 Å². The van der Waals surface area contributed by atoms with Crippen molar-refractivity contribution >= 4 is 21.6 Å². The maximum Gasteiger partial charge on any atom is 0.435 e. The standard InChI is InChI=1S/C18H14F3N3O3S2/c1-27-10-3-5-12-14(7-10)28-9-13-16(12)24(23-17(13)18(19,20)21)15-6-4-11(8-22-15)29(2,25)26/h3-8H,9H2,1-2H3. The normalized spacial score (nSPS) is 13.7. The summed E-state index contributed by atoms with van der Waals surface area (Å²) < 4.78 is 70.5. The Morgan fingerprint density at radius 2 is 1.97 bits per heavy atom. The molecule has 0 aliphatic carbocycles. The van der Waals surface area contributed by atoms with E-state index in [0.717, 1.165) is 22.0 Å². The van der Waals surface area contributed by atoms with Gasteiger partial charge >= 0.3 is 6.18 Å². The second-order valence-corrected chi connectivity index (χ2v) is 9.39. The lowest BCUT2D eigenvalue weighted by atomic mass is 10.1. The van der Waals surface area contributed by atoms with Gasteiger partial charge in [-0.15, -0.1) is 11.8 Å². The number of aromatic nitrogens is 3. The summed E-state index contributed by atoms with van der Waals surface area (Å²) in [6.07, 6.45) is -2.49. The molecule has 0 fully saturated rings. The third kappa shape index (κ3) is 3.48. The van der Waals surface area contributed by atoms with Crippen molar-refractivity contribution in [3.63, 3.8) is 0 Å². The number of halogens is 3. The molecule has 0 amide bonds. The summed E-state index contributed by atoms with van der Waals surface area (Å²) in [5, 5.41) is 3.80. The van der Waals surface area contributed by atoms with Gasteiger partial charge in [-0.1, -0.05) is 0 Å². The molecule has 2 aromatic heterocycles. The van der Waals surface area contributed by atoms with E-state index in [1.807, 2.05) is 0 Å². The minimum atomic E-state index is -4.63. The molecule has 11 heteroatoms. The quantitative estimate of drug-likeness (QED) is 0.612. The largest absolute Gasteiger partial charge is 0.497 e. The lowest BCUT2D eigenvalue weighted by Crippen LogP contribution is -2.10. The molecule has 4 rings (SSSR count). The van der Waals surface area contributed by atoms with E-state index in [1.165, 1.54) is 31.0 Å². The van der Waals surface area contributed by atoms with Crippen LogP contribution in [0.2, 0.25) is 0 Å². The molecule has 0 N–H and O–H groups in total. The van der Waals surface area contributed by atoms with Gasteiger partial charge in [0.25, 0.3) is 0 Å². The molecule has 0 unspecified atom stereocenters. The van der Waals surface area contributed by atoms with Crippen molar-refractivity contribution in [1.29, 1.82) is 0 Å². The number of benzene rings is 1. The first-order valence-electron chi connectivity index (χ1n) is 8.26. The molecule has 6 nitrogen and oxygen atoms in total. The number of fused-ring (bicyclic) bond motifs is 3. The summed E-state index contributed by atoms with van der Waals surface area (Å²) in [6, 6.07) is 7.75. The first kappa shape index (κ1) is 19.8. The Morgan fingerprint density at radius 1 is 1.21 bits per heavy atom. The van der Waals surface area contributed by atoms with Gasteiger partial charge in [0.1, 0.15) is 5.75 Å². The van der Waals surface area contributed by atoms with Gasteiger partial charge in [0, 0.05) is 34.2 Å². The van der Waals surface area contributed by atoms with Crippen LogP contribution in [0.25, 0.3) is 17.1 Å². The fraction of sp³-hybridized carbons (Fsp3) is 0.222. The minimum Gasteiger partial charge on any atom is -0.497 e. The molecule has 0 spiro atoms. The molecular weight excluding hydrogens is 427 g/mol. The molecule has 152 valence electrons. The number of hydrogen-bond acceptors (Lipinski definition) is 6. The van der Waals surface area contributed by atoms with Gasteiger partial charge < -0.3 is 4.74 Å². The van der Waals surface area contributed by atoms with Gasteiger partial charge in [0.05, 0.1) is 17.7 Å². The smallest absolute Gasteiger partial charge is 0.435 e. The third-order valence-electron chi connectivity index (χ3n) is 4.43. The summed E-state index contributed by atoms with van der Waals surface area (Å²) >= 11 is 1.27. The number of thioether (sulfide) groups is 1. The highest BCUT2D eigenvalue weighted by Crippen LogP contribution is 2.47. The van der Waals surface area contributed by atoms with Crippen LogP contribution in [0.5, 0.6) is 5.75 Å². The van der Waals surface area contributed by atoms with Gasteiger partial charge in [0.15, 0.2) is 21.3 Å². The van der Waals surface area contributed by atoms with E-state index in [9.17, 15) is 21.6 Å². The Labute approximate surface area is 168 Å². The zero-order chi connectivity index (χ0) is 21.0. The summed E-state index contributed by atoms with van der Waals surface area (Å²) in [4.78, 5) is 4.78. The van der Waals surface area contributed by atoms with Crippen LogP contribution in [0.3, 0.4) is 0 Å². The predicted octanol–water partition coefficient (Wildman–Crippen LogP) is 3.97. The minimum absolute atomic E-state index is 0.0287. The monoisotopic (exact) mass is 441 g/mol. The van der Waals surface area contributed by atoms with Gasteiger partial charge in [-0.25, -0.2) is 18.1 Å². The molecule has 0 radical (unpaired) electrons. The highest BCUT2D eigenvalue weighted by Gasteiger charge is 2.41. The van der Waals surface area contributed by atoms with Crippen molar-refractivity contribution in [2.75, 3.05) is 13.4 Å². The molecule has 0 bridgehead atoms. The van der Waals surface area contributed by atoms with Crippen LogP contribution >= 0.6 is 11.8 Å². The van der Waals surface area contributed by atoms with Crippen LogP contribution in [-0.2, 0) is 21.8 Å². The van der Waals surface area contributed by atoms with Gasteiger partial charge in [-0.2, -0.15) is 18.3 Å². The molecule has 3 heterocycles. The first-order chi connectivity index (χ1) is 13.6. The highest BCUT2D eigenvalue weighted by atomic mass is 32.2. The number of alkyl halides is 3. The fourth-order valence-electron chi connectivity index (χ4n) is 3.07. The Bertz CT molecular complexity index is 1200. The number of nitrogens with zero attached hydrogens (tertiary/aromatic N) is 3. The summed E-state index contributed by atoms with van der Waals surface area (Å²) in [6.45, 7) is 0. The van der Waals surface area contributed by atoms with Crippen molar-refractivity contribution in [3.8, 4) is 22.8 Å².